The zero-order valence-electron chi connectivity index (χ0n) is 11.8. The lowest BCUT2D eigenvalue weighted by Crippen LogP contribution is -2.22. The number of halogens is 1. The normalized spacial score (nSPS) is 10.2. The van der Waals surface area contributed by atoms with Crippen LogP contribution in [0.25, 0.3) is 0 Å². The van der Waals surface area contributed by atoms with Crippen LogP contribution < -0.4 is 10.1 Å². The molecule has 0 radical (unpaired) electrons. The average molecular weight is 349 g/mol. The molecule has 5 heteroatoms. The smallest absolute Gasteiger partial charge is 0.251 e. The Morgan fingerprint density at radius 2 is 2.24 bits per heavy atom. The summed E-state index contributed by atoms with van der Waals surface area (Å²) in [5.41, 5.74) is 1.56. The molecule has 110 valence electrons. The van der Waals surface area contributed by atoms with Gasteiger partial charge in [0.05, 0.1) is 11.1 Å². The summed E-state index contributed by atoms with van der Waals surface area (Å²) in [5.74, 6) is 0.627. The highest BCUT2D eigenvalue weighted by Gasteiger charge is 2.09. The van der Waals surface area contributed by atoms with Crippen molar-refractivity contribution in [3.8, 4) is 5.75 Å². The van der Waals surface area contributed by atoms with Crippen LogP contribution in [0.4, 0.5) is 0 Å². The van der Waals surface area contributed by atoms with E-state index in [4.69, 9.17) is 4.74 Å². The van der Waals surface area contributed by atoms with Gasteiger partial charge in [-0.15, -0.1) is 0 Å². The van der Waals surface area contributed by atoms with E-state index < -0.39 is 0 Å². The predicted octanol–water partition coefficient (Wildman–Crippen LogP) is 3.56. The number of ether oxygens (including phenoxy) is 1. The number of hydrogen-bond acceptors (Lipinski definition) is 3. The summed E-state index contributed by atoms with van der Waals surface area (Å²) in [7, 11) is 0. The van der Waals surface area contributed by atoms with Gasteiger partial charge in [0.25, 0.3) is 5.91 Å². The van der Waals surface area contributed by atoms with Crippen LogP contribution in [0.1, 0.15) is 29.3 Å². The molecule has 0 bridgehead atoms. The summed E-state index contributed by atoms with van der Waals surface area (Å²) >= 11 is 3.43. The lowest BCUT2D eigenvalue weighted by Gasteiger charge is -2.09. The van der Waals surface area contributed by atoms with Gasteiger partial charge in [-0.05, 0) is 52.2 Å². The van der Waals surface area contributed by atoms with Gasteiger partial charge in [0, 0.05) is 24.5 Å². The highest BCUT2D eigenvalue weighted by atomic mass is 79.9. The number of nitrogens with zero attached hydrogens (tertiary/aromatic N) is 1. The van der Waals surface area contributed by atoms with E-state index in [1.165, 1.54) is 0 Å². The third-order valence-electron chi connectivity index (χ3n) is 2.83. The van der Waals surface area contributed by atoms with Crippen LogP contribution in [0.5, 0.6) is 5.75 Å². The zero-order valence-corrected chi connectivity index (χ0v) is 13.4. The Morgan fingerprint density at radius 3 is 2.90 bits per heavy atom. The van der Waals surface area contributed by atoms with Gasteiger partial charge < -0.3 is 10.1 Å². The van der Waals surface area contributed by atoms with Crippen LogP contribution in [0.2, 0.25) is 0 Å². The lowest BCUT2D eigenvalue weighted by molar-refractivity contribution is 0.0951. The van der Waals surface area contributed by atoms with Gasteiger partial charge >= 0.3 is 0 Å². The molecule has 4 nitrogen and oxygen atoms in total. The van der Waals surface area contributed by atoms with E-state index >= 15 is 0 Å². The SMILES string of the molecule is CCCOc1ccc(C(=O)NCc2cccnc2)cc1Br. The van der Waals surface area contributed by atoms with Crippen molar-refractivity contribution < 1.29 is 9.53 Å². The molecule has 1 aromatic heterocycles. The monoisotopic (exact) mass is 348 g/mol. The minimum Gasteiger partial charge on any atom is -0.492 e. The maximum atomic E-state index is 12.1. The molecule has 2 rings (SSSR count). The van der Waals surface area contributed by atoms with Gasteiger partial charge in [0.2, 0.25) is 0 Å². The molecule has 1 N–H and O–H groups in total. The Bertz CT molecular complexity index is 602. The van der Waals surface area contributed by atoms with Gasteiger partial charge in [-0.1, -0.05) is 13.0 Å². The number of benzene rings is 1. The van der Waals surface area contributed by atoms with Crippen LogP contribution in [-0.2, 0) is 6.54 Å². The first kappa shape index (κ1) is 15.5. The second-order valence-electron chi connectivity index (χ2n) is 4.54. The molecular formula is C16H17BrN2O2. The maximum absolute atomic E-state index is 12.1. The van der Waals surface area contributed by atoms with Crippen LogP contribution in [0, 0.1) is 0 Å². The molecule has 0 fully saturated rings. The Kier molecular flexibility index (Phi) is 5.75. The van der Waals surface area contributed by atoms with E-state index in [9.17, 15) is 4.79 Å². The second kappa shape index (κ2) is 7.78. The Balaban J connectivity index is 1.98. The minimum atomic E-state index is -0.124. The highest BCUT2D eigenvalue weighted by Crippen LogP contribution is 2.26. The van der Waals surface area contributed by atoms with Crippen molar-refractivity contribution in [1.29, 1.82) is 0 Å². The van der Waals surface area contributed by atoms with Crippen molar-refractivity contribution >= 4 is 21.8 Å². The predicted molar refractivity (Wildman–Crippen MR) is 85.3 cm³/mol. The van der Waals surface area contributed by atoms with E-state index in [2.05, 4.69) is 26.2 Å². The lowest BCUT2D eigenvalue weighted by atomic mass is 10.2. The van der Waals surface area contributed by atoms with Crippen LogP contribution >= 0.6 is 15.9 Å². The van der Waals surface area contributed by atoms with Gasteiger partial charge in [-0.25, -0.2) is 0 Å². The topological polar surface area (TPSA) is 51.2 Å². The quantitative estimate of drug-likeness (QED) is 0.868. The fraction of sp³-hybridized carbons (Fsp3) is 0.250. The summed E-state index contributed by atoms with van der Waals surface area (Å²) < 4.78 is 6.35. The van der Waals surface area contributed by atoms with Crippen molar-refractivity contribution in [2.45, 2.75) is 19.9 Å². The van der Waals surface area contributed by atoms with Gasteiger partial charge in [-0.3, -0.25) is 9.78 Å². The van der Waals surface area contributed by atoms with E-state index in [0.29, 0.717) is 18.7 Å². The summed E-state index contributed by atoms with van der Waals surface area (Å²) in [4.78, 5) is 16.1. The van der Waals surface area contributed by atoms with Crippen LogP contribution in [0.3, 0.4) is 0 Å². The molecule has 0 unspecified atom stereocenters. The minimum absolute atomic E-state index is 0.124. The molecule has 2 aromatic rings. The van der Waals surface area contributed by atoms with E-state index in [-0.39, 0.29) is 5.91 Å². The molecule has 0 atom stereocenters. The standard InChI is InChI=1S/C16H17BrN2O2/c1-2-8-21-15-6-5-13(9-14(15)17)16(20)19-11-12-4-3-7-18-10-12/h3-7,9-10H,2,8,11H2,1H3,(H,19,20). The van der Waals surface area contributed by atoms with Gasteiger partial charge in [0.1, 0.15) is 5.75 Å². The number of nitrogens with one attached hydrogen (secondary N) is 1. The van der Waals surface area contributed by atoms with Crippen molar-refractivity contribution in [3.05, 3.63) is 58.3 Å². The third-order valence-corrected chi connectivity index (χ3v) is 3.45. The Hall–Kier alpha value is -1.88. The number of carbonyl (C=O) groups excluding carboxylic acids is 1. The first-order chi connectivity index (χ1) is 10.2. The molecule has 21 heavy (non-hydrogen) atoms. The van der Waals surface area contributed by atoms with E-state index in [1.54, 1.807) is 30.6 Å². The summed E-state index contributed by atoms with van der Waals surface area (Å²) in [6.07, 6.45) is 4.38. The number of pyridine rings is 1. The second-order valence-corrected chi connectivity index (χ2v) is 5.39. The third kappa shape index (κ3) is 4.56. The molecule has 0 aliphatic heterocycles. The van der Waals surface area contributed by atoms with E-state index in [0.717, 1.165) is 22.2 Å². The number of carbonyl (C=O) groups is 1. The number of rotatable bonds is 6. The van der Waals surface area contributed by atoms with Crippen molar-refractivity contribution in [1.82, 2.24) is 10.3 Å². The Labute approximate surface area is 132 Å². The summed E-state index contributed by atoms with van der Waals surface area (Å²) in [5, 5.41) is 2.86. The van der Waals surface area contributed by atoms with Gasteiger partial charge in [0.15, 0.2) is 0 Å². The molecule has 0 spiro atoms. The van der Waals surface area contributed by atoms with Crippen LogP contribution in [-0.4, -0.2) is 17.5 Å². The largest absolute Gasteiger partial charge is 0.492 e. The molecule has 1 amide bonds. The number of aromatic nitrogens is 1. The van der Waals surface area contributed by atoms with E-state index in [1.807, 2.05) is 19.1 Å². The summed E-state index contributed by atoms with van der Waals surface area (Å²) in [6.45, 7) is 3.16. The molecule has 1 heterocycles. The fourth-order valence-corrected chi connectivity index (χ4v) is 2.25. The van der Waals surface area contributed by atoms with Gasteiger partial charge in [-0.2, -0.15) is 0 Å². The molecule has 0 aliphatic rings. The van der Waals surface area contributed by atoms with Crippen molar-refractivity contribution in [3.63, 3.8) is 0 Å². The number of amides is 1. The first-order valence-corrected chi connectivity index (χ1v) is 7.59. The van der Waals surface area contributed by atoms with Crippen LogP contribution in [0.15, 0.2) is 47.2 Å². The fourth-order valence-electron chi connectivity index (χ4n) is 1.76. The average Bonchev–Trinajstić information content (AvgIpc) is 2.52. The molecule has 1 aromatic carbocycles. The van der Waals surface area contributed by atoms with Crippen molar-refractivity contribution in [2.24, 2.45) is 0 Å². The molecule has 0 saturated carbocycles. The maximum Gasteiger partial charge on any atom is 0.251 e. The highest BCUT2D eigenvalue weighted by molar-refractivity contribution is 9.10. The zero-order chi connectivity index (χ0) is 15.1. The number of hydrogen-bond donors (Lipinski definition) is 1. The molecule has 0 aliphatic carbocycles. The molecular weight excluding hydrogens is 332 g/mol. The first-order valence-electron chi connectivity index (χ1n) is 6.80. The summed E-state index contributed by atoms with van der Waals surface area (Å²) in [6, 6.07) is 9.10. The Morgan fingerprint density at radius 1 is 1.38 bits per heavy atom. The van der Waals surface area contributed by atoms with Crippen molar-refractivity contribution in [2.75, 3.05) is 6.61 Å². The molecule has 0 saturated heterocycles.